The second-order valence-corrected chi connectivity index (χ2v) is 8.85. The fourth-order valence-corrected chi connectivity index (χ4v) is 3.72. The van der Waals surface area contributed by atoms with E-state index in [0.717, 1.165) is 6.08 Å². The van der Waals surface area contributed by atoms with Crippen LogP contribution >= 0.6 is 0 Å². The Labute approximate surface area is 208 Å². The van der Waals surface area contributed by atoms with Gasteiger partial charge in [-0.15, -0.1) is 0 Å². The zero-order valence-electron chi connectivity index (χ0n) is 20.0. The van der Waals surface area contributed by atoms with Crippen molar-refractivity contribution in [2.75, 3.05) is 13.1 Å². The van der Waals surface area contributed by atoms with Crippen LogP contribution < -0.4 is 22.1 Å². The van der Waals surface area contributed by atoms with Crippen molar-refractivity contribution in [3.8, 4) is 0 Å². The van der Waals surface area contributed by atoms with Gasteiger partial charge in [0.2, 0.25) is 11.8 Å². The molecule has 1 aliphatic carbocycles. The highest BCUT2D eigenvalue weighted by molar-refractivity contribution is 5.87. The predicted octanol–water partition coefficient (Wildman–Crippen LogP) is 1.61. The Balaban J connectivity index is 1.59. The van der Waals surface area contributed by atoms with Gasteiger partial charge in [0.15, 0.2) is 0 Å². The minimum atomic E-state index is -1.43. The zero-order valence-corrected chi connectivity index (χ0v) is 20.0. The molecule has 0 aromatic heterocycles. The van der Waals surface area contributed by atoms with E-state index in [9.17, 15) is 28.3 Å². The molecule has 198 valence electrons. The SMILES string of the molecule is NC(CC(=O)NCCCCNC(=O)C(O)C(N)Cc1ccc(C(=O)O)cc1)CC1=C(F)CCC(F)=C1. The first-order chi connectivity index (χ1) is 17.1. The average molecular weight is 509 g/mol. The van der Waals surface area contributed by atoms with E-state index < -0.39 is 41.7 Å². The van der Waals surface area contributed by atoms with Crippen LogP contribution in [0.25, 0.3) is 0 Å². The predicted molar refractivity (Wildman–Crippen MR) is 130 cm³/mol. The van der Waals surface area contributed by atoms with Gasteiger partial charge in [-0.1, -0.05) is 12.1 Å². The highest BCUT2D eigenvalue weighted by Gasteiger charge is 2.23. The van der Waals surface area contributed by atoms with Crippen LogP contribution in [0, 0.1) is 0 Å². The summed E-state index contributed by atoms with van der Waals surface area (Å²) in [6.45, 7) is 0.623. The number of hydrogen-bond acceptors (Lipinski definition) is 6. The number of aliphatic hydroxyl groups is 1. The van der Waals surface area contributed by atoms with Gasteiger partial charge in [0.05, 0.1) is 5.56 Å². The number of halogens is 2. The summed E-state index contributed by atoms with van der Waals surface area (Å²) >= 11 is 0. The Kier molecular flexibility index (Phi) is 11.6. The van der Waals surface area contributed by atoms with Gasteiger partial charge in [-0.05, 0) is 55.0 Å². The van der Waals surface area contributed by atoms with E-state index in [1.165, 1.54) is 12.1 Å². The number of carbonyl (C=O) groups excluding carboxylic acids is 2. The standard InChI is InChI=1S/C25H34F2N4O5/c26-18-7-8-20(27)17(12-18)13-19(28)14-22(32)30-9-1-2-10-31-24(34)23(33)21(29)11-15-3-5-16(6-4-15)25(35)36/h3-6,12,19,21,23,33H,1-2,7-11,13-14,28-29H2,(H,30,32)(H,31,34)(H,35,36). The third kappa shape index (κ3) is 9.84. The van der Waals surface area contributed by atoms with Gasteiger partial charge >= 0.3 is 5.97 Å². The Morgan fingerprint density at radius 2 is 1.61 bits per heavy atom. The topological polar surface area (TPSA) is 168 Å². The fraction of sp³-hybridized carbons (Fsp3) is 0.480. The van der Waals surface area contributed by atoms with E-state index in [1.54, 1.807) is 12.1 Å². The fourth-order valence-electron chi connectivity index (χ4n) is 3.72. The molecular formula is C25H34F2N4O5. The van der Waals surface area contributed by atoms with Crippen molar-refractivity contribution in [3.63, 3.8) is 0 Å². The monoisotopic (exact) mass is 508 g/mol. The van der Waals surface area contributed by atoms with Crippen LogP contribution in [-0.2, 0) is 16.0 Å². The molecule has 1 aliphatic rings. The summed E-state index contributed by atoms with van der Waals surface area (Å²) in [4.78, 5) is 35.0. The van der Waals surface area contributed by atoms with Crippen LogP contribution in [-0.4, -0.2) is 59.3 Å². The number of allylic oxidation sites excluding steroid dienone is 3. The van der Waals surface area contributed by atoms with Gasteiger partial charge in [-0.25, -0.2) is 13.6 Å². The quantitative estimate of drug-likeness (QED) is 0.208. The lowest BCUT2D eigenvalue weighted by Gasteiger charge is -2.18. The summed E-state index contributed by atoms with van der Waals surface area (Å²) in [6.07, 6.45) is 1.12. The first-order valence-electron chi connectivity index (χ1n) is 11.9. The molecule has 2 amide bonds. The number of carboxylic acid groups (broad SMARTS) is 1. The van der Waals surface area contributed by atoms with Gasteiger partial charge in [0.25, 0.3) is 0 Å². The summed E-state index contributed by atoms with van der Waals surface area (Å²) in [5.74, 6) is -2.75. The molecule has 0 saturated heterocycles. The van der Waals surface area contributed by atoms with Crippen molar-refractivity contribution < 1.29 is 33.4 Å². The Morgan fingerprint density at radius 1 is 0.972 bits per heavy atom. The first-order valence-corrected chi connectivity index (χ1v) is 11.9. The van der Waals surface area contributed by atoms with E-state index in [1.807, 2.05) is 0 Å². The zero-order chi connectivity index (χ0) is 26.7. The molecule has 0 aliphatic heterocycles. The van der Waals surface area contributed by atoms with E-state index in [2.05, 4.69) is 10.6 Å². The van der Waals surface area contributed by atoms with Gasteiger partial charge in [0.1, 0.15) is 17.8 Å². The van der Waals surface area contributed by atoms with Crippen LogP contribution in [0.2, 0.25) is 0 Å². The Hall–Kier alpha value is -3.15. The van der Waals surface area contributed by atoms with E-state index in [4.69, 9.17) is 16.6 Å². The molecule has 0 spiro atoms. The smallest absolute Gasteiger partial charge is 0.335 e. The lowest BCUT2D eigenvalue weighted by molar-refractivity contribution is -0.130. The number of nitrogens with two attached hydrogens (primary N) is 2. The highest BCUT2D eigenvalue weighted by Crippen LogP contribution is 2.28. The minimum Gasteiger partial charge on any atom is -0.478 e. The lowest BCUT2D eigenvalue weighted by Crippen LogP contribution is -2.47. The van der Waals surface area contributed by atoms with Crippen LogP contribution in [0.5, 0.6) is 0 Å². The summed E-state index contributed by atoms with van der Waals surface area (Å²) in [6, 6.07) is 4.52. The number of carboxylic acids is 1. The van der Waals surface area contributed by atoms with Crippen molar-refractivity contribution in [2.45, 2.75) is 63.1 Å². The molecule has 36 heavy (non-hydrogen) atoms. The van der Waals surface area contributed by atoms with Gasteiger partial charge < -0.3 is 32.3 Å². The second-order valence-electron chi connectivity index (χ2n) is 8.85. The normalized spacial score (nSPS) is 16.1. The van der Waals surface area contributed by atoms with Gasteiger partial charge in [0, 0.05) is 44.4 Å². The number of nitrogens with one attached hydrogen (secondary N) is 2. The maximum absolute atomic E-state index is 13.8. The molecule has 0 radical (unpaired) electrons. The first kappa shape index (κ1) is 29.1. The van der Waals surface area contributed by atoms with Crippen LogP contribution in [0.1, 0.15) is 54.4 Å². The molecule has 8 N–H and O–H groups in total. The summed E-state index contributed by atoms with van der Waals surface area (Å²) in [7, 11) is 0. The number of rotatable bonds is 14. The molecule has 0 bridgehead atoms. The number of unbranched alkanes of at least 4 members (excludes halogenated alkanes) is 1. The number of carbonyl (C=O) groups is 3. The number of aliphatic hydroxyl groups excluding tert-OH is 1. The van der Waals surface area contributed by atoms with Crippen molar-refractivity contribution in [2.24, 2.45) is 11.5 Å². The van der Waals surface area contributed by atoms with E-state index >= 15 is 0 Å². The Morgan fingerprint density at radius 3 is 2.25 bits per heavy atom. The summed E-state index contributed by atoms with van der Waals surface area (Å²) < 4.78 is 27.1. The van der Waals surface area contributed by atoms with Gasteiger partial charge in [-0.3, -0.25) is 9.59 Å². The molecule has 3 unspecified atom stereocenters. The molecule has 3 atom stereocenters. The Bertz CT molecular complexity index is 981. The van der Waals surface area contributed by atoms with Crippen molar-refractivity contribution >= 4 is 17.8 Å². The van der Waals surface area contributed by atoms with Crippen molar-refractivity contribution in [1.29, 1.82) is 0 Å². The average Bonchev–Trinajstić information content (AvgIpc) is 2.83. The number of amides is 2. The highest BCUT2D eigenvalue weighted by atomic mass is 19.1. The molecule has 0 saturated carbocycles. The van der Waals surface area contributed by atoms with Crippen LogP contribution in [0.4, 0.5) is 8.78 Å². The molecular weight excluding hydrogens is 474 g/mol. The third-order valence-electron chi connectivity index (χ3n) is 5.76. The molecule has 0 heterocycles. The number of hydrogen-bond donors (Lipinski definition) is 6. The van der Waals surface area contributed by atoms with Crippen molar-refractivity contribution in [1.82, 2.24) is 10.6 Å². The second kappa shape index (κ2) is 14.4. The van der Waals surface area contributed by atoms with Crippen molar-refractivity contribution in [3.05, 3.63) is 58.7 Å². The third-order valence-corrected chi connectivity index (χ3v) is 5.76. The minimum absolute atomic E-state index is 0.0124. The summed E-state index contributed by atoms with van der Waals surface area (Å²) in [5.41, 5.74) is 12.8. The van der Waals surface area contributed by atoms with Gasteiger partial charge in [-0.2, -0.15) is 0 Å². The van der Waals surface area contributed by atoms with Crippen LogP contribution in [0.15, 0.2) is 47.6 Å². The van der Waals surface area contributed by atoms with E-state index in [0.29, 0.717) is 24.9 Å². The maximum atomic E-state index is 13.8. The molecule has 9 nitrogen and oxygen atoms in total. The number of benzene rings is 1. The van der Waals surface area contributed by atoms with E-state index in [-0.39, 0.29) is 55.7 Å². The molecule has 1 aromatic carbocycles. The largest absolute Gasteiger partial charge is 0.478 e. The molecule has 11 heteroatoms. The number of aromatic carboxylic acids is 1. The maximum Gasteiger partial charge on any atom is 0.335 e. The van der Waals surface area contributed by atoms with Crippen LogP contribution in [0.3, 0.4) is 0 Å². The molecule has 2 rings (SSSR count). The summed E-state index contributed by atoms with van der Waals surface area (Å²) in [5, 5.41) is 24.4. The lowest BCUT2D eigenvalue weighted by atomic mass is 9.97. The molecule has 1 aromatic rings. The molecule has 0 fully saturated rings.